The van der Waals surface area contributed by atoms with Crippen LogP contribution in [0.2, 0.25) is 0 Å². The monoisotopic (exact) mass is 727 g/mol. The van der Waals surface area contributed by atoms with Crippen molar-refractivity contribution in [1.82, 2.24) is 10.2 Å². The predicted molar refractivity (Wildman–Crippen MR) is 197 cm³/mol. The molecular formula is C36H56F2N3O6PS. The number of hydrogen-bond acceptors (Lipinski definition) is 6. The third kappa shape index (κ3) is 15.2. The van der Waals surface area contributed by atoms with E-state index >= 15 is 0 Å². The molecule has 2 aromatic carbocycles. The topological polar surface area (TPSA) is 150 Å². The standard InChI is InChI=1S/C12H23NO.C11H17N.C10H8F2NO4PS.C2H6.CH2O/c1-3-11(2)7-6-8-12(14)13-9-4-5-10-13;1-11(2,9-12-3)10-7-5-4-6-8-10;11-10(12,18(15,16)17)6-1-2-7-5(3-6)4-8(19-7)9(13)14;2*1-2/h11H,3-10H2,1-2H3;4-8,12H,9H2,1-3H3;1-4H,(H2,13,14)(H2,15,16,17);1-2H3;1H2/t11-;;;;/m0..../s1. The van der Waals surface area contributed by atoms with Gasteiger partial charge in [-0.3, -0.25) is 14.2 Å². The second kappa shape index (κ2) is 22.6. The molecule has 2 heterocycles. The number of carbonyl (C=O) groups is 3. The number of alkyl halides is 2. The maximum atomic E-state index is 13.5. The quantitative estimate of drug-likeness (QED) is 0.146. The molecule has 13 heteroatoms. The Morgan fingerprint density at radius 3 is 2.10 bits per heavy atom. The van der Waals surface area contributed by atoms with E-state index in [2.05, 4.69) is 63.3 Å². The van der Waals surface area contributed by atoms with Crippen LogP contribution >= 0.6 is 18.9 Å². The summed E-state index contributed by atoms with van der Waals surface area (Å²) in [4.78, 5) is 50.1. The lowest BCUT2D eigenvalue weighted by atomic mass is 9.85. The molecule has 1 aromatic heterocycles. The van der Waals surface area contributed by atoms with Gasteiger partial charge in [-0.15, -0.1) is 11.3 Å². The summed E-state index contributed by atoms with van der Waals surface area (Å²) in [6.45, 7) is 18.0. The molecule has 0 saturated carbocycles. The highest BCUT2D eigenvalue weighted by molar-refractivity contribution is 7.52. The van der Waals surface area contributed by atoms with E-state index in [1.54, 1.807) is 0 Å². The van der Waals surface area contributed by atoms with Gasteiger partial charge in [0.25, 0.3) is 5.91 Å². The number of primary amides is 1. The number of benzene rings is 2. The van der Waals surface area contributed by atoms with Crippen LogP contribution in [0, 0.1) is 5.92 Å². The molecule has 5 N–H and O–H groups in total. The van der Waals surface area contributed by atoms with E-state index in [0.717, 1.165) is 61.9 Å². The van der Waals surface area contributed by atoms with Crippen LogP contribution in [0.5, 0.6) is 0 Å². The first-order valence-corrected chi connectivity index (χ1v) is 19.0. The molecule has 2 amide bonds. The number of likely N-dealkylation sites (N-methyl/N-ethyl adjacent to an activating group) is 1. The van der Waals surface area contributed by atoms with Crippen molar-refractivity contribution >= 4 is 47.6 Å². The summed E-state index contributed by atoms with van der Waals surface area (Å²) in [5, 5.41) is 3.49. The Balaban J connectivity index is 0.000000688. The molecule has 49 heavy (non-hydrogen) atoms. The zero-order chi connectivity index (χ0) is 37.8. The average molecular weight is 728 g/mol. The van der Waals surface area contributed by atoms with E-state index in [1.807, 2.05) is 32.6 Å². The first kappa shape index (κ1) is 46.0. The number of carbonyl (C=O) groups excluding carboxylic acids is 3. The zero-order valence-corrected chi connectivity index (χ0v) is 31.7. The number of thiophene rings is 1. The van der Waals surface area contributed by atoms with Gasteiger partial charge in [0, 0.05) is 41.7 Å². The highest BCUT2D eigenvalue weighted by Gasteiger charge is 2.50. The Morgan fingerprint density at radius 2 is 1.61 bits per heavy atom. The SMILES string of the molecule is C=O.CC.CC[C@H](C)CCCC(=O)N1CCCC1.CNCC(C)(C)c1ccccc1.NC(=O)c1cc2cc(C(F)(F)P(=O)(O)O)ccc2s1. The van der Waals surface area contributed by atoms with Crippen LogP contribution in [0.15, 0.2) is 54.6 Å². The van der Waals surface area contributed by atoms with Crippen LogP contribution in [-0.4, -0.2) is 60.0 Å². The molecule has 0 spiro atoms. The van der Waals surface area contributed by atoms with Crippen LogP contribution in [0.4, 0.5) is 8.78 Å². The number of nitrogens with zero attached hydrogens (tertiary/aromatic N) is 1. The van der Waals surface area contributed by atoms with Gasteiger partial charge in [-0.05, 0) is 61.4 Å². The minimum Gasteiger partial charge on any atom is -0.365 e. The maximum Gasteiger partial charge on any atom is 0.399 e. The molecule has 4 rings (SSSR count). The van der Waals surface area contributed by atoms with E-state index < -0.39 is 24.7 Å². The number of hydrogen-bond donors (Lipinski definition) is 4. The fraction of sp³-hybridized carbons (Fsp3) is 0.528. The first-order chi connectivity index (χ1) is 23.0. The van der Waals surface area contributed by atoms with Crippen molar-refractivity contribution in [1.29, 1.82) is 0 Å². The minimum absolute atomic E-state index is 0.187. The maximum absolute atomic E-state index is 13.5. The summed E-state index contributed by atoms with van der Waals surface area (Å²) in [6.07, 6.45) is 6.69. The van der Waals surface area contributed by atoms with Gasteiger partial charge < -0.3 is 30.5 Å². The van der Waals surface area contributed by atoms with Crippen LogP contribution in [0.1, 0.15) is 101 Å². The largest absolute Gasteiger partial charge is 0.399 e. The highest BCUT2D eigenvalue weighted by atomic mass is 32.1. The Hall–Kier alpha value is -3.02. The third-order valence-corrected chi connectivity index (χ3v) is 10.0. The summed E-state index contributed by atoms with van der Waals surface area (Å²) in [7, 11) is -3.61. The molecule has 3 aromatic rings. The van der Waals surface area contributed by atoms with Gasteiger partial charge >= 0.3 is 13.3 Å². The first-order valence-electron chi connectivity index (χ1n) is 16.6. The van der Waals surface area contributed by atoms with Gasteiger partial charge in [-0.25, -0.2) is 0 Å². The summed E-state index contributed by atoms with van der Waals surface area (Å²) in [6, 6.07) is 15.0. The molecule has 1 atom stereocenters. The smallest absolute Gasteiger partial charge is 0.365 e. The second-order valence-corrected chi connectivity index (χ2v) is 14.8. The average Bonchev–Trinajstić information content (AvgIpc) is 3.78. The van der Waals surface area contributed by atoms with Gasteiger partial charge in [0.15, 0.2) is 0 Å². The lowest BCUT2D eigenvalue weighted by molar-refractivity contribution is -0.130. The molecule has 1 aliphatic heterocycles. The predicted octanol–water partition coefficient (Wildman–Crippen LogP) is 8.08. The second-order valence-electron chi connectivity index (χ2n) is 12.1. The third-order valence-electron chi connectivity index (χ3n) is 7.89. The molecule has 0 unspecified atom stereocenters. The molecule has 276 valence electrons. The van der Waals surface area contributed by atoms with E-state index in [0.29, 0.717) is 10.6 Å². The Bertz CT molecular complexity index is 1440. The van der Waals surface area contributed by atoms with Crippen molar-refractivity contribution in [3.05, 3.63) is 70.6 Å². The Morgan fingerprint density at radius 1 is 1.04 bits per heavy atom. The van der Waals surface area contributed by atoms with E-state index in [4.69, 9.17) is 20.3 Å². The molecule has 1 fully saturated rings. The van der Waals surface area contributed by atoms with Gasteiger partial charge in [-0.1, -0.05) is 90.8 Å². The van der Waals surface area contributed by atoms with Crippen molar-refractivity contribution in [3.63, 3.8) is 0 Å². The number of nitrogens with one attached hydrogen (secondary N) is 1. The van der Waals surface area contributed by atoms with Crippen molar-refractivity contribution < 1.29 is 37.5 Å². The molecule has 1 saturated heterocycles. The Kier molecular flexibility index (Phi) is 21.3. The van der Waals surface area contributed by atoms with Crippen molar-refractivity contribution in [2.45, 2.75) is 91.1 Å². The fourth-order valence-corrected chi connectivity index (χ4v) is 6.25. The Labute approximate surface area is 294 Å². The number of halogens is 2. The van der Waals surface area contributed by atoms with E-state index in [1.165, 1.54) is 43.4 Å². The number of nitrogens with two attached hydrogens (primary N) is 1. The number of amides is 2. The normalized spacial score (nSPS) is 13.3. The van der Waals surface area contributed by atoms with Gasteiger partial charge in [0.05, 0.1) is 4.88 Å². The summed E-state index contributed by atoms with van der Waals surface area (Å²) < 4.78 is 38.3. The molecule has 0 aliphatic carbocycles. The lowest BCUT2D eigenvalue weighted by Crippen LogP contribution is -2.30. The number of fused-ring (bicyclic) bond motifs is 1. The van der Waals surface area contributed by atoms with E-state index in [-0.39, 0.29) is 15.7 Å². The molecule has 1 aliphatic rings. The lowest BCUT2D eigenvalue weighted by Gasteiger charge is -2.24. The van der Waals surface area contributed by atoms with Crippen molar-refractivity contribution in [2.24, 2.45) is 11.7 Å². The van der Waals surface area contributed by atoms with Crippen molar-refractivity contribution in [3.8, 4) is 0 Å². The molecule has 9 nitrogen and oxygen atoms in total. The van der Waals surface area contributed by atoms with Crippen LogP contribution in [0.25, 0.3) is 10.1 Å². The summed E-state index contributed by atoms with van der Waals surface area (Å²) >= 11 is 1.02. The fourth-order valence-electron chi connectivity index (χ4n) is 4.88. The van der Waals surface area contributed by atoms with Gasteiger partial charge in [0.2, 0.25) is 5.91 Å². The summed E-state index contributed by atoms with van der Waals surface area (Å²) in [5.41, 5.74) is 1.62. The van der Waals surface area contributed by atoms with Gasteiger partial charge in [-0.2, -0.15) is 8.78 Å². The number of rotatable bonds is 11. The highest BCUT2D eigenvalue weighted by Crippen LogP contribution is 2.59. The van der Waals surface area contributed by atoms with Gasteiger partial charge in [0.1, 0.15) is 6.79 Å². The summed E-state index contributed by atoms with van der Waals surface area (Å²) in [5.74, 6) is 0.469. The van der Waals surface area contributed by atoms with Crippen LogP contribution in [-0.2, 0) is 25.2 Å². The number of likely N-dealkylation sites (tertiary alicyclic amines) is 1. The molecule has 0 radical (unpaired) electrons. The van der Waals surface area contributed by atoms with Crippen molar-refractivity contribution in [2.75, 3.05) is 26.7 Å². The molecular weight excluding hydrogens is 671 g/mol. The minimum atomic E-state index is -5.60. The molecule has 0 bridgehead atoms. The van der Waals surface area contributed by atoms with E-state index in [9.17, 15) is 22.9 Å². The van der Waals surface area contributed by atoms with Crippen LogP contribution < -0.4 is 11.1 Å². The van der Waals surface area contributed by atoms with Crippen LogP contribution in [0.3, 0.4) is 0 Å². The zero-order valence-electron chi connectivity index (χ0n) is 30.0.